The van der Waals surface area contributed by atoms with Gasteiger partial charge in [-0.05, 0) is 26.1 Å². The number of hydrogen-bond donors (Lipinski definition) is 2. The largest absolute Gasteiger partial charge is 0.395 e. The summed E-state index contributed by atoms with van der Waals surface area (Å²) in [4.78, 5) is 2.30. The van der Waals surface area contributed by atoms with E-state index in [0.29, 0.717) is 0 Å². The molecule has 1 atom stereocenters. The maximum Gasteiger partial charge on any atom is 0.0583 e. The molecule has 0 amide bonds. The number of nitrogens with zero attached hydrogens (tertiary/aromatic N) is 1. The highest BCUT2D eigenvalue weighted by atomic mass is 16.3. The summed E-state index contributed by atoms with van der Waals surface area (Å²) in [6.45, 7) is 7.49. The second-order valence-electron chi connectivity index (χ2n) is 2.76. The van der Waals surface area contributed by atoms with E-state index in [0.717, 1.165) is 26.1 Å². The molecule has 0 radical (unpaired) electrons. The molecule has 11 heavy (non-hydrogen) atoms. The van der Waals surface area contributed by atoms with Crippen LogP contribution in [0.15, 0.2) is 0 Å². The van der Waals surface area contributed by atoms with Crippen LogP contribution < -0.4 is 5.73 Å². The second kappa shape index (κ2) is 6.58. The van der Waals surface area contributed by atoms with Gasteiger partial charge in [0, 0.05) is 6.04 Å². The van der Waals surface area contributed by atoms with Crippen LogP contribution in [0.5, 0.6) is 0 Å². The molecular formula is C8H20N2O. The van der Waals surface area contributed by atoms with E-state index < -0.39 is 0 Å². The monoisotopic (exact) mass is 160 g/mol. The third-order valence-electron chi connectivity index (χ3n) is 1.95. The van der Waals surface area contributed by atoms with Crippen LogP contribution >= 0.6 is 0 Å². The van der Waals surface area contributed by atoms with Crippen LogP contribution in [0.1, 0.15) is 20.3 Å². The van der Waals surface area contributed by atoms with Gasteiger partial charge in [-0.25, -0.2) is 0 Å². The van der Waals surface area contributed by atoms with Crippen LogP contribution in [0.4, 0.5) is 0 Å². The van der Waals surface area contributed by atoms with Gasteiger partial charge in [-0.15, -0.1) is 0 Å². The van der Waals surface area contributed by atoms with Crippen molar-refractivity contribution in [3.63, 3.8) is 0 Å². The third-order valence-corrected chi connectivity index (χ3v) is 1.95. The highest BCUT2D eigenvalue weighted by Gasteiger charge is 2.03. The molecule has 0 aromatic heterocycles. The van der Waals surface area contributed by atoms with Crippen molar-refractivity contribution in [3.05, 3.63) is 0 Å². The van der Waals surface area contributed by atoms with Gasteiger partial charge in [-0.1, -0.05) is 13.8 Å². The predicted octanol–water partition coefficient (Wildman–Crippen LogP) is 0.0379. The van der Waals surface area contributed by atoms with Crippen LogP contribution in [0, 0.1) is 0 Å². The fourth-order valence-electron chi connectivity index (χ4n) is 0.980. The molecule has 68 valence electrons. The van der Waals surface area contributed by atoms with E-state index in [2.05, 4.69) is 18.7 Å². The molecule has 0 aliphatic rings. The molecule has 0 rings (SSSR count). The summed E-state index contributed by atoms with van der Waals surface area (Å²) in [6.07, 6.45) is 0.887. The molecule has 0 bridgehead atoms. The Morgan fingerprint density at radius 2 is 1.91 bits per heavy atom. The molecule has 0 aliphatic carbocycles. The topological polar surface area (TPSA) is 49.5 Å². The minimum atomic E-state index is -0.0457. The molecule has 0 unspecified atom stereocenters. The zero-order valence-electron chi connectivity index (χ0n) is 7.58. The number of rotatable bonds is 6. The lowest BCUT2D eigenvalue weighted by Crippen LogP contribution is -2.32. The third kappa shape index (κ3) is 5.18. The van der Waals surface area contributed by atoms with E-state index >= 15 is 0 Å². The molecule has 0 spiro atoms. The van der Waals surface area contributed by atoms with Gasteiger partial charge in [0.05, 0.1) is 6.61 Å². The molecule has 0 aromatic rings. The summed E-state index contributed by atoms with van der Waals surface area (Å²) in [6, 6.07) is -0.0457. The van der Waals surface area contributed by atoms with Gasteiger partial charge in [-0.3, -0.25) is 0 Å². The van der Waals surface area contributed by atoms with Crippen LogP contribution in [0.2, 0.25) is 0 Å². The van der Waals surface area contributed by atoms with Crippen molar-refractivity contribution in [1.29, 1.82) is 0 Å². The smallest absolute Gasteiger partial charge is 0.0583 e. The van der Waals surface area contributed by atoms with Crippen molar-refractivity contribution in [2.75, 3.05) is 26.2 Å². The van der Waals surface area contributed by atoms with Gasteiger partial charge in [0.2, 0.25) is 0 Å². The van der Waals surface area contributed by atoms with Crippen LogP contribution in [-0.4, -0.2) is 42.3 Å². The van der Waals surface area contributed by atoms with Crippen molar-refractivity contribution in [1.82, 2.24) is 4.90 Å². The molecule has 3 heteroatoms. The van der Waals surface area contributed by atoms with Crippen LogP contribution in [0.3, 0.4) is 0 Å². The van der Waals surface area contributed by atoms with E-state index in [1.54, 1.807) is 0 Å². The Kier molecular flexibility index (Phi) is 6.51. The Morgan fingerprint density at radius 3 is 2.27 bits per heavy atom. The van der Waals surface area contributed by atoms with E-state index in [4.69, 9.17) is 10.8 Å². The molecule has 0 aliphatic heterocycles. The lowest BCUT2D eigenvalue weighted by molar-refractivity contribution is 0.233. The number of hydrogen-bond acceptors (Lipinski definition) is 3. The van der Waals surface area contributed by atoms with Gasteiger partial charge < -0.3 is 15.7 Å². The minimum Gasteiger partial charge on any atom is -0.395 e. The Hall–Kier alpha value is -0.120. The van der Waals surface area contributed by atoms with Crippen molar-refractivity contribution in [3.8, 4) is 0 Å². The van der Waals surface area contributed by atoms with Crippen molar-refractivity contribution >= 4 is 0 Å². The summed E-state index contributed by atoms with van der Waals surface area (Å²) >= 11 is 0. The average Bonchev–Trinajstić information content (AvgIpc) is 2.06. The predicted molar refractivity (Wildman–Crippen MR) is 47.5 cm³/mol. The summed E-state index contributed by atoms with van der Waals surface area (Å²) in [5.41, 5.74) is 5.55. The Balaban J connectivity index is 3.34. The van der Waals surface area contributed by atoms with E-state index in [9.17, 15) is 0 Å². The fraction of sp³-hybridized carbons (Fsp3) is 1.00. The van der Waals surface area contributed by atoms with Crippen LogP contribution in [-0.2, 0) is 0 Å². The van der Waals surface area contributed by atoms with Crippen molar-refractivity contribution in [2.24, 2.45) is 5.73 Å². The van der Waals surface area contributed by atoms with Crippen molar-refractivity contribution in [2.45, 2.75) is 26.3 Å². The maximum absolute atomic E-state index is 8.65. The van der Waals surface area contributed by atoms with E-state index in [-0.39, 0.29) is 12.6 Å². The van der Waals surface area contributed by atoms with Gasteiger partial charge in [0.1, 0.15) is 0 Å². The van der Waals surface area contributed by atoms with Crippen LogP contribution in [0.25, 0.3) is 0 Å². The zero-order valence-corrected chi connectivity index (χ0v) is 7.58. The SMILES string of the molecule is CCN(CC)CC[C@H](N)CO. The average molecular weight is 160 g/mol. The quantitative estimate of drug-likeness (QED) is 0.576. The Labute approximate surface area is 69.2 Å². The Bertz CT molecular complexity index is 84.2. The summed E-state index contributed by atoms with van der Waals surface area (Å²) in [5.74, 6) is 0. The lowest BCUT2D eigenvalue weighted by Gasteiger charge is -2.19. The highest BCUT2D eigenvalue weighted by molar-refractivity contribution is 4.62. The Morgan fingerprint density at radius 1 is 1.36 bits per heavy atom. The van der Waals surface area contributed by atoms with E-state index in [1.165, 1.54) is 0 Å². The summed E-state index contributed by atoms with van der Waals surface area (Å²) in [5, 5.41) is 8.65. The number of nitrogens with two attached hydrogens (primary N) is 1. The molecule has 0 heterocycles. The standard InChI is InChI=1S/C8H20N2O/c1-3-10(4-2)6-5-8(9)7-11/h8,11H,3-7,9H2,1-2H3/t8-/m0/s1. The molecule has 0 fully saturated rings. The number of aliphatic hydroxyl groups excluding tert-OH is 1. The molecule has 0 saturated carbocycles. The molecule has 0 aromatic carbocycles. The van der Waals surface area contributed by atoms with Gasteiger partial charge >= 0.3 is 0 Å². The van der Waals surface area contributed by atoms with Gasteiger partial charge in [-0.2, -0.15) is 0 Å². The summed E-state index contributed by atoms with van der Waals surface area (Å²) < 4.78 is 0. The van der Waals surface area contributed by atoms with E-state index in [1.807, 2.05) is 0 Å². The van der Waals surface area contributed by atoms with Gasteiger partial charge in [0.15, 0.2) is 0 Å². The summed E-state index contributed by atoms with van der Waals surface area (Å²) in [7, 11) is 0. The first kappa shape index (κ1) is 10.9. The highest BCUT2D eigenvalue weighted by Crippen LogP contribution is 1.92. The first-order valence-corrected chi connectivity index (χ1v) is 4.33. The zero-order chi connectivity index (χ0) is 8.69. The minimum absolute atomic E-state index is 0.0457. The second-order valence-corrected chi connectivity index (χ2v) is 2.76. The first-order valence-electron chi connectivity index (χ1n) is 4.33. The number of aliphatic hydroxyl groups is 1. The maximum atomic E-state index is 8.65. The normalized spacial score (nSPS) is 13.9. The molecule has 3 N–H and O–H groups in total. The molecule has 0 saturated heterocycles. The molecule has 3 nitrogen and oxygen atoms in total. The van der Waals surface area contributed by atoms with Crippen molar-refractivity contribution < 1.29 is 5.11 Å². The first-order chi connectivity index (χ1) is 5.24. The molecular weight excluding hydrogens is 140 g/mol. The fourth-order valence-corrected chi connectivity index (χ4v) is 0.980. The lowest BCUT2D eigenvalue weighted by atomic mass is 10.2. The van der Waals surface area contributed by atoms with Gasteiger partial charge in [0.25, 0.3) is 0 Å².